The molecule has 1 amide bonds. The maximum absolute atomic E-state index is 14.3. The van der Waals surface area contributed by atoms with Crippen LogP contribution in [0.1, 0.15) is 21.5 Å². The van der Waals surface area contributed by atoms with Gasteiger partial charge in [-0.3, -0.25) is 19.0 Å². The molecule has 2 aromatic rings. The third kappa shape index (κ3) is 3.55. The number of hydroxylamine groups is 2. The number of hydrogen-bond acceptors (Lipinski definition) is 5. The summed E-state index contributed by atoms with van der Waals surface area (Å²) in [5.41, 5.74) is 0.920. The van der Waals surface area contributed by atoms with E-state index >= 15 is 0 Å². The monoisotopic (exact) mass is 395 g/mol. The van der Waals surface area contributed by atoms with Gasteiger partial charge in [-0.1, -0.05) is 17.7 Å². The predicted molar refractivity (Wildman–Crippen MR) is 98.9 cm³/mol. The molecular weight excluding hydrogens is 377 g/mol. The summed E-state index contributed by atoms with van der Waals surface area (Å²) in [6.07, 6.45) is 0.298. The van der Waals surface area contributed by atoms with Gasteiger partial charge in [0.25, 0.3) is 11.5 Å². The maximum Gasteiger partial charge on any atom is 0.281 e. The van der Waals surface area contributed by atoms with Crippen molar-refractivity contribution < 1.29 is 19.1 Å². The van der Waals surface area contributed by atoms with Crippen molar-refractivity contribution >= 4 is 29.0 Å². The molecule has 0 atom stereocenters. The smallest absolute Gasteiger partial charge is 0.281 e. The number of aliphatic hydroxyl groups excluding tert-OH is 1. The number of rotatable bonds is 5. The van der Waals surface area contributed by atoms with Gasteiger partial charge in [0.05, 0.1) is 31.0 Å². The van der Waals surface area contributed by atoms with Gasteiger partial charge in [-0.2, -0.15) is 0 Å². The number of carbonyl (C=O) groups is 1. The number of hydrogen-bond donors (Lipinski definition) is 2. The Bertz CT molecular complexity index is 961. The van der Waals surface area contributed by atoms with Gasteiger partial charge < -0.3 is 10.4 Å². The van der Waals surface area contributed by atoms with Crippen LogP contribution in [0.3, 0.4) is 0 Å². The van der Waals surface area contributed by atoms with E-state index in [-0.39, 0.29) is 41.8 Å². The van der Waals surface area contributed by atoms with Crippen molar-refractivity contribution in [3.05, 3.63) is 56.1 Å². The fourth-order valence-electron chi connectivity index (χ4n) is 2.97. The zero-order valence-corrected chi connectivity index (χ0v) is 15.6. The molecule has 0 bridgehead atoms. The molecule has 0 unspecified atom stereocenters. The number of nitrogens with one attached hydrogen (secondary N) is 1. The van der Waals surface area contributed by atoms with Crippen LogP contribution in [0.5, 0.6) is 0 Å². The Morgan fingerprint density at radius 2 is 2.11 bits per heavy atom. The third-order valence-corrected chi connectivity index (χ3v) is 4.74. The summed E-state index contributed by atoms with van der Waals surface area (Å²) in [6.45, 7) is 1.66. The molecule has 0 saturated heterocycles. The lowest BCUT2D eigenvalue weighted by Crippen LogP contribution is -2.41. The molecule has 1 aliphatic heterocycles. The lowest BCUT2D eigenvalue weighted by molar-refractivity contribution is -0.132. The zero-order valence-electron chi connectivity index (χ0n) is 14.9. The summed E-state index contributed by atoms with van der Waals surface area (Å²) in [7, 11) is 1.45. The Kier molecular flexibility index (Phi) is 5.50. The van der Waals surface area contributed by atoms with Crippen LogP contribution in [0, 0.1) is 12.7 Å². The number of halogens is 2. The number of aliphatic hydroxyl groups is 1. The number of benzene rings is 1. The minimum absolute atomic E-state index is 0.0439. The summed E-state index contributed by atoms with van der Waals surface area (Å²) in [4.78, 5) is 30.6. The second kappa shape index (κ2) is 7.67. The van der Waals surface area contributed by atoms with E-state index in [1.807, 2.05) is 0 Å². The molecule has 144 valence electrons. The van der Waals surface area contributed by atoms with Gasteiger partial charge >= 0.3 is 0 Å². The lowest BCUT2D eigenvalue weighted by Gasteiger charge is -2.30. The summed E-state index contributed by atoms with van der Waals surface area (Å²) in [5, 5.41) is 12.8. The first-order valence-corrected chi connectivity index (χ1v) is 8.73. The quantitative estimate of drug-likeness (QED) is 0.810. The first kappa shape index (κ1) is 19.3. The summed E-state index contributed by atoms with van der Waals surface area (Å²) in [5.74, 6) is -0.899. The predicted octanol–water partition coefficient (Wildman–Crippen LogP) is 2.15. The van der Waals surface area contributed by atoms with Gasteiger partial charge in [-0.25, -0.2) is 9.45 Å². The largest absolute Gasteiger partial charge is 0.394 e. The molecule has 0 fully saturated rings. The Morgan fingerprint density at radius 1 is 1.37 bits per heavy atom. The maximum atomic E-state index is 14.3. The fraction of sp³-hybridized carbons (Fsp3) is 0.333. The number of anilines is 2. The highest BCUT2D eigenvalue weighted by Gasteiger charge is 2.33. The van der Waals surface area contributed by atoms with Crippen molar-refractivity contribution in [1.29, 1.82) is 0 Å². The number of aromatic nitrogens is 1. The van der Waals surface area contributed by atoms with Crippen LogP contribution >= 0.6 is 11.6 Å². The van der Waals surface area contributed by atoms with E-state index in [4.69, 9.17) is 21.5 Å². The molecular formula is C18H19ClFN3O4. The van der Waals surface area contributed by atoms with Gasteiger partial charge in [0.1, 0.15) is 16.7 Å². The minimum Gasteiger partial charge on any atom is -0.394 e. The topological polar surface area (TPSA) is 83.8 Å². The van der Waals surface area contributed by atoms with Crippen LogP contribution in [0.2, 0.25) is 5.02 Å². The Balaban J connectivity index is 2.12. The van der Waals surface area contributed by atoms with E-state index in [9.17, 15) is 14.0 Å². The third-order valence-electron chi connectivity index (χ3n) is 4.35. The highest BCUT2D eigenvalue weighted by Crippen LogP contribution is 2.32. The van der Waals surface area contributed by atoms with E-state index in [2.05, 4.69) is 5.32 Å². The van der Waals surface area contributed by atoms with E-state index in [0.29, 0.717) is 12.0 Å². The number of pyridine rings is 1. The molecule has 7 nitrogen and oxygen atoms in total. The standard InChI is InChI=1S/C18H19ClFN3O4/c1-10-3-4-13(12(20)9-10)21-16-14-11(15(19)18(26)22(16)2)5-6-23(17(14)25)27-8-7-24/h3-4,9,21,24H,5-8H2,1-2H3. The first-order chi connectivity index (χ1) is 12.8. The molecule has 9 heteroatoms. The first-order valence-electron chi connectivity index (χ1n) is 8.35. The van der Waals surface area contributed by atoms with Gasteiger partial charge in [-0.05, 0) is 36.6 Å². The van der Waals surface area contributed by atoms with Crippen molar-refractivity contribution in [3.8, 4) is 0 Å². The van der Waals surface area contributed by atoms with E-state index < -0.39 is 17.3 Å². The van der Waals surface area contributed by atoms with Crippen LogP contribution in [-0.4, -0.2) is 40.4 Å². The fourth-order valence-corrected chi connectivity index (χ4v) is 3.29. The molecule has 1 aromatic heterocycles. The summed E-state index contributed by atoms with van der Waals surface area (Å²) < 4.78 is 15.5. The van der Waals surface area contributed by atoms with Gasteiger partial charge in [0.2, 0.25) is 0 Å². The molecule has 0 aliphatic carbocycles. The highest BCUT2D eigenvalue weighted by atomic mass is 35.5. The summed E-state index contributed by atoms with van der Waals surface area (Å²) >= 11 is 6.17. The van der Waals surface area contributed by atoms with Gasteiger partial charge in [-0.15, -0.1) is 0 Å². The van der Waals surface area contributed by atoms with Crippen LogP contribution in [0.25, 0.3) is 0 Å². The van der Waals surface area contributed by atoms with Crippen molar-refractivity contribution in [1.82, 2.24) is 9.63 Å². The second-order valence-corrected chi connectivity index (χ2v) is 6.58. The highest BCUT2D eigenvalue weighted by molar-refractivity contribution is 6.32. The Morgan fingerprint density at radius 3 is 2.78 bits per heavy atom. The number of aryl methyl sites for hydroxylation is 1. The summed E-state index contributed by atoms with van der Waals surface area (Å²) in [6, 6.07) is 4.59. The van der Waals surface area contributed by atoms with Crippen molar-refractivity contribution in [2.75, 3.05) is 25.1 Å². The molecule has 2 N–H and O–H groups in total. The SMILES string of the molecule is Cc1ccc(Nc2c3c(c(Cl)c(=O)n2C)CCN(OCCO)C3=O)c(F)c1. The molecule has 3 rings (SSSR count). The van der Waals surface area contributed by atoms with Crippen molar-refractivity contribution in [2.24, 2.45) is 7.05 Å². The van der Waals surface area contributed by atoms with Crippen LogP contribution in [0.4, 0.5) is 15.9 Å². The van der Waals surface area contributed by atoms with Gasteiger partial charge in [0.15, 0.2) is 0 Å². The molecule has 0 saturated carbocycles. The van der Waals surface area contributed by atoms with Crippen LogP contribution < -0.4 is 10.9 Å². The minimum atomic E-state index is -0.516. The van der Waals surface area contributed by atoms with E-state index in [1.54, 1.807) is 13.0 Å². The lowest BCUT2D eigenvalue weighted by atomic mass is 10.0. The molecule has 2 heterocycles. The number of nitrogens with zero attached hydrogens (tertiary/aromatic N) is 2. The average Bonchev–Trinajstić information content (AvgIpc) is 2.64. The van der Waals surface area contributed by atoms with Crippen LogP contribution in [0.15, 0.2) is 23.0 Å². The van der Waals surface area contributed by atoms with Crippen molar-refractivity contribution in [2.45, 2.75) is 13.3 Å². The molecule has 0 radical (unpaired) electrons. The van der Waals surface area contributed by atoms with E-state index in [1.165, 1.54) is 23.7 Å². The molecule has 0 spiro atoms. The number of carbonyl (C=O) groups excluding carboxylic acids is 1. The molecule has 27 heavy (non-hydrogen) atoms. The molecule has 1 aromatic carbocycles. The second-order valence-electron chi connectivity index (χ2n) is 6.20. The average molecular weight is 396 g/mol. The number of amides is 1. The molecule has 1 aliphatic rings. The normalized spacial score (nSPS) is 13.7. The Labute approximate surface area is 159 Å². The zero-order chi connectivity index (χ0) is 19.7. The number of fused-ring (bicyclic) bond motifs is 1. The van der Waals surface area contributed by atoms with Gasteiger partial charge in [0, 0.05) is 7.05 Å². The Hall–Kier alpha value is -2.42. The van der Waals surface area contributed by atoms with Crippen LogP contribution in [-0.2, 0) is 18.3 Å². The van der Waals surface area contributed by atoms with Crippen molar-refractivity contribution in [3.63, 3.8) is 0 Å². The van der Waals surface area contributed by atoms with E-state index in [0.717, 1.165) is 10.6 Å².